The zero-order valence-corrected chi connectivity index (χ0v) is 12.2. The van der Waals surface area contributed by atoms with Gasteiger partial charge in [-0.3, -0.25) is 4.79 Å². The summed E-state index contributed by atoms with van der Waals surface area (Å²) in [7, 11) is 0. The number of rotatable bonds is 5. The Morgan fingerprint density at radius 3 is 2.59 bits per heavy atom. The number of nitrogens with zero attached hydrogens (tertiary/aromatic N) is 1. The summed E-state index contributed by atoms with van der Waals surface area (Å²) >= 11 is 0. The fraction of sp³-hybridized carbons (Fsp3) is 0.923. The Bertz CT molecular complexity index is 226. The average Bonchev–Trinajstić information content (AvgIpc) is 2.18. The highest BCUT2D eigenvalue weighted by Gasteiger charge is 2.17. The lowest BCUT2D eigenvalue weighted by Gasteiger charge is -2.27. The smallest absolute Gasteiger partial charge is 0.222 e. The summed E-state index contributed by atoms with van der Waals surface area (Å²) in [6.45, 7) is 10.6. The minimum absolute atomic E-state index is 0. The molecule has 0 spiro atoms. The average molecular weight is 263 g/mol. The highest BCUT2D eigenvalue weighted by atomic mass is 35.5. The second-order valence-corrected chi connectivity index (χ2v) is 5.93. The van der Waals surface area contributed by atoms with E-state index in [4.69, 9.17) is 0 Å². The molecule has 0 unspecified atom stereocenters. The summed E-state index contributed by atoms with van der Waals surface area (Å²) in [4.78, 5) is 13.5. The minimum atomic E-state index is 0. The summed E-state index contributed by atoms with van der Waals surface area (Å²) in [5.74, 6) is 0.349. The van der Waals surface area contributed by atoms with Gasteiger partial charge in [-0.2, -0.15) is 0 Å². The van der Waals surface area contributed by atoms with Gasteiger partial charge in [0.25, 0.3) is 0 Å². The lowest BCUT2D eigenvalue weighted by atomic mass is 9.97. The van der Waals surface area contributed by atoms with Crippen LogP contribution in [0.4, 0.5) is 0 Å². The summed E-state index contributed by atoms with van der Waals surface area (Å²) in [6, 6.07) is 0. The zero-order valence-electron chi connectivity index (χ0n) is 11.4. The second kappa shape index (κ2) is 7.93. The molecule has 1 heterocycles. The number of piperidine rings is 1. The Hall–Kier alpha value is -0.280. The molecule has 0 aromatic heterocycles. The monoisotopic (exact) mass is 262 g/mol. The van der Waals surface area contributed by atoms with Gasteiger partial charge >= 0.3 is 0 Å². The van der Waals surface area contributed by atoms with E-state index < -0.39 is 0 Å². The van der Waals surface area contributed by atoms with E-state index in [0.717, 1.165) is 45.4 Å². The van der Waals surface area contributed by atoms with Crippen molar-refractivity contribution in [2.75, 3.05) is 26.2 Å². The molecule has 1 fully saturated rings. The Kier molecular flexibility index (Phi) is 7.80. The van der Waals surface area contributed by atoms with Crippen LogP contribution in [0.1, 0.15) is 46.5 Å². The first-order chi connectivity index (χ1) is 7.49. The molecule has 1 saturated heterocycles. The summed E-state index contributed by atoms with van der Waals surface area (Å²) in [5, 5.41) is 3.44. The van der Waals surface area contributed by atoms with Gasteiger partial charge in [0.1, 0.15) is 0 Å². The highest BCUT2D eigenvalue weighted by Crippen LogP contribution is 2.11. The van der Waals surface area contributed by atoms with Crippen LogP contribution >= 0.6 is 12.4 Å². The van der Waals surface area contributed by atoms with Gasteiger partial charge in [-0.15, -0.1) is 12.4 Å². The van der Waals surface area contributed by atoms with E-state index in [1.165, 1.54) is 6.42 Å². The van der Waals surface area contributed by atoms with Crippen LogP contribution in [-0.4, -0.2) is 37.0 Å². The van der Waals surface area contributed by atoms with Gasteiger partial charge in [0.2, 0.25) is 5.91 Å². The van der Waals surface area contributed by atoms with Crippen LogP contribution in [-0.2, 0) is 4.79 Å². The lowest BCUT2D eigenvalue weighted by Crippen LogP contribution is -2.37. The number of amides is 1. The molecule has 0 aromatic rings. The van der Waals surface area contributed by atoms with Crippen molar-refractivity contribution in [1.29, 1.82) is 0 Å². The molecular weight excluding hydrogens is 236 g/mol. The largest absolute Gasteiger partial charge is 0.343 e. The molecule has 1 amide bonds. The molecule has 0 saturated carbocycles. The molecule has 0 aromatic carbocycles. The SMILES string of the molecule is CC(C)(C)CNCCCN1CCCCC1=O.Cl. The molecule has 102 valence electrons. The topological polar surface area (TPSA) is 32.3 Å². The van der Waals surface area contributed by atoms with Crippen molar-refractivity contribution in [2.45, 2.75) is 46.5 Å². The van der Waals surface area contributed by atoms with Crippen LogP contribution in [0.5, 0.6) is 0 Å². The fourth-order valence-electron chi connectivity index (χ4n) is 1.96. The van der Waals surface area contributed by atoms with E-state index in [1.807, 2.05) is 4.90 Å². The summed E-state index contributed by atoms with van der Waals surface area (Å²) in [6.07, 6.45) is 4.09. The normalized spacial score (nSPS) is 16.9. The van der Waals surface area contributed by atoms with Crippen LogP contribution in [0, 0.1) is 5.41 Å². The van der Waals surface area contributed by atoms with Crippen molar-refractivity contribution in [3.05, 3.63) is 0 Å². The van der Waals surface area contributed by atoms with Crippen molar-refractivity contribution in [1.82, 2.24) is 10.2 Å². The quantitative estimate of drug-likeness (QED) is 0.772. The van der Waals surface area contributed by atoms with Crippen LogP contribution in [0.2, 0.25) is 0 Å². The second-order valence-electron chi connectivity index (χ2n) is 5.93. The van der Waals surface area contributed by atoms with Crippen LogP contribution in [0.3, 0.4) is 0 Å². The predicted octanol–water partition coefficient (Wildman–Crippen LogP) is 2.45. The standard InChI is InChI=1S/C13H26N2O.ClH/c1-13(2,3)11-14-8-6-10-15-9-5-4-7-12(15)16;/h14H,4-11H2,1-3H3;1H. The molecule has 0 atom stereocenters. The molecule has 0 aliphatic carbocycles. The first kappa shape index (κ1) is 16.7. The molecule has 3 nitrogen and oxygen atoms in total. The lowest BCUT2D eigenvalue weighted by molar-refractivity contribution is -0.133. The van der Waals surface area contributed by atoms with E-state index in [9.17, 15) is 4.79 Å². The molecule has 1 aliphatic heterocycles. The number of nitrogens with one attached hydrogen (secondary N) is 1. The zero-order chi connectivity index (χ0) is 12.0. The number of hydrogen-bond acceptors (Lipinski definition) is 2. The third kappa shape index (κ3) is 7.61. The van der Waals surface area contributed by atoms with Crippen LogP contribution in [0.25, 0.3) is 0 Å². The van der Waals surface area contributed by atoms with E-state index in [-0.39, 0.29) is 12.4 Å². The molecular formula is C13H27ClN2O. The Balaban J connectivity index is 0.00000256. The number of halogens is 1. The highest BCUT2D eigenvalue weighted by molar-refractivity contribution is 5.85. The van der Waals surface area contributed by atoms with Gasteiger partial charge in [-0.05, 0) is 37.8 Å². The third-order valence-electron chi connectivity index (χ3n) is 2.86. The van der Waals surface area contributed by atoms with E-state index in [0.29, 0.717) is 11.3 Å². The van der Waals surface area contributed by atoms with Gasteiger partial charge in [-0.25, -0.2) is 0 Å². The Labute approximate surface area is 112 Å². The molecule has 17 heavy (non-hydrogen) atoms. The van der Waals surface area contributed by atoms with E-state index >= 15 is 0 Å². The molecule has 1 N–H and O–H groups in total. The van der Waals surface area contributed by atoms with Crippen LogP contribution in [0.15, 0.2) is 0 Å². The Morgan fingerprint density at radius 2 is 2.00 bits per heavy atom. The van der Waals surface area contributed by atoms with Gasteiger partial charge < -0.3 is 10.2 Å². The molecule has 0 radical (unpaired) electrons. The molecule has 1 rings (SSSR count). The van der Waals surface area contributed by atoms with Gasteiger partial charge in [0.05, 0.1) is 0 Å². The predicted molar refractivity (Wildman–Crippen MR) is 74.6 cm³/mol. The maximum Gasteiger partial charge on any atom is 0.222 e. The van der Waals surface area contributed by atoms with Crippen molar-refractivity contribution in [3.63, 3.8) is 0 Å². The molecule has 4 heteroatoms. The number of likely N-dealkylation sites (tertiary alicyclic amines) is 1. The fourth-order valence-corrected chi connectivity index (χ4v) is 1.96. The van der Waals surface area contributed by atoms with Crippen molar-refractivity contribution in [2.24, 2.45) is 5.41 Å². The molecule has 0 bridgehead atoms. The van der Waals surface area contributed by atoms with E-state index in [2.05, 4.69) is 26.1 Å². The maximum atomic E-state index is 11.5. The van der Waals surface area contributed by atoms with Gasteiger partial charge in [-0.1, -0.05) is 20.8 Å². The van der Waals surface area contributed by atoms with E-state index in [1.54, 1.807) is 0 Å². The summed E-state index contributed by atoms with van der Waals surface area (Å²) in [5.41, 5.74) is 0.348. The minimum Gasteiger partial charge on any atom is -0.343 e. The third-order valence-corrected chi connectivity index (χ3v) is 2.86. The number of hydrogen-bond donors (Lipinski definition) is 1. The van der Waals surface area contributed by atoms with Crippen molar-refractivity contribution in [3.8, 4) is 0 Å². The number of carbonyl (C=O) groups is 1. The Morgan fingerprint density at radius 1 is 1.29 bits per heavy atom. The van der Waals surface area contributed by atoms with Crippen LogP contribution < -0.4 is 5.32 Å². The first-order valence-corrected chi connectivity index (χ1v) is 6.47. The number of carbonyl (C=O) groups excluding carboxylic acids is 1. The molecule has 1 aliphatic rings. The van der Waals surface area contributed by atoms with Crippen molar-refractivity contribution >= 4 is 18.3 Å². The van der Waals surface area contributed by atoms with Gasteiger partial charge in [0.15, 0.2) is 0 Å². The van der Waals surface area contributed by atoms with Gasteiger partial charge in [0, 0.05) is 19.5 Å². The summed E-state index contributed by atoms with van der Waals surface area (Å²) < 4.78 is 0. The first-order valence-electron chi connectivity index (χ1n) is 6.47. The van der Waals surface area contributed by atoms with Crippen molar-refractivity contribution < 1.29 is 4.79 Å². The maximum absolute atomic E-state index is 11.5.